The second-order valence-corrected chi connectivity index (χ2v) is 6.32. The number of hydrogen-bond acceptors (Lipinski definition) is 4. The minimum atomic E-state index is -0.134. The van der Waals surface area contributed by atoms with E-state index in [4.69, 9.17) is 11.6 Å². The van der Waals surface area contributed by atoms with E-state index in [0.717, 1.165) is 12.8 Å². The summed E-state index contributed by atoms with van der Waals surface area (Å²) in [6, 6.07) is 3.46. The fraction of sp³-hybridized carbons (Fsp3) is 0.600. The number of rotatable bonds is 5. The van der Waals surface area contributed by atoms with Crippen LogP contribution in [0.15, 0.2) is 12.1 Å². The van der Waals surface area contributed by atoms with Crippen molar-refractivity contribution in [3.05, 3.63) is 22.8 Å². The van der Waals surface area contributed by atoms with E-state index in [1.54, 1.807) is 24.1 Å². The molecule has 1 aromatic heterocycles. The molecule has 0 radical (unpaired) electrons. The molecule has 21 heavy (non-hydrogen) atoms. The molecule has 0 spiro atoms. The number of carbonyl (C=O) groups excluding carboxylic acids is 1. The van der Waals surface area contributed by atoms with Gasteiger partial charge in [0, 0.05) is 26.2 Å². The fourth-order valence-electron chi connectivity index (χ4n) is 2.76. The van der Waals surface area contributed by atoms with Gasteiger partial charge in [0.1, 0.15) is 11.5 Å². The van der Waals surface area contributed by atoms with Gasteiger partial charge >= 0.3 is 0 Å². The molecule has 0 saturated heterocycles. The molecule has 1 fully saturated rings. The summed E-state index contributed by atoms with van der Waals surface area (Å²) in [5, 5.41) is 3.32. The predicted octanol–water partition coefficient (Wildman–Crippen LogP) is 2.33. The van der Waals surface area contributed by atoms with Crippen molar-refractivity contribution in [3.8, 4) is 0 Å². The van der Waals surface area contributed by atoms with Crippen molar-refractivity contribution in [2.45, 2.75) is 24.8 Å². The Balaban J connectivity index is 2.16. The molecule has 0 aromatic carbocycles. The van der Waals surface area contributed by atoms with Crippen LogP contribution in [0.1, 0.15) is 29.8 Å². The highest BCUT2D eigenvalue weighted by Crippen LogP contribution is 2.37. The number of amides is 1. The van der Waals surface area contributed by atoms with E-state index in [1.165, 1.54) is 6.42 Å². The number of nitrogens with one attached hydrogen (secondary N) is 1. The third-order valence-corrected chi connectivity index (χ3v) is 4.72. The van der Waals surface area contributed by atoms with Gasteiger partial charge < -0.3 is 15.1 Å². The maximum atomic E-state index is 12.6. The van der Waals surface area contributed by atoms with Crippen LogP contribution >= 0.6 is 11.6 Å². The van der Waals surface area contributed by atoms with E-state index in [2.05, 4.69) is 29.3 Å². The van der Waals surface area contributed by atoms with E-state index >= 15 is 0 Å². The molecule has 5 nitrogen and oxygen atoms in total. The van der Waals surface area contributed by atoms with Crippen molar-refractivity contribution in [3.63, 3.8) is 0 Å². The van der Waals surface area contributed by atoms with Crippen LogP contribution in [-0.4, -0.2) is 61.0 Å². The Labute approximate surface area is 131 Å². The van der Waals surface area contributed by atoms with Crippen molar-refractivity contribution >= 4 is 23.3 Å². The first-order chi connectivity index (χ1) is 9.89. The quantitative estimate of drug-likeness (QED) is 0.907. The predicted molar refractivity (Wildman–Crippen MR) is 86.0 cm³/mol. The Morgan fingerprint density at radius 3 is 2.52 bits per heavy atom. The van der Waals surface area contributed by atoms with Crippen LogP contribution in [0.2, 0.25) is 5.02 Å². The zero-order chi connectivity index (χ0) is 15.6. The summed E-state index contributed by atoms with van der Waals surface area (Å²) in [4.78, 5) is 20.8. The highest BCUT2D eigenvalue weighted by molar-refractivity contribution is 6.33. The lowest BCUT2D eigenvalue weighted by Gasteiger charge is -2.49. The molecule has 1 aliphatic carbocycles. The number of anilines is 1. The zero-order valence-corrected chi connectivity index (χ0v) is 13.9. The molecule has 1 aliphatic rings. The van der Waals surface area contributed by atoms with E-state index in [0.29, 0.717) is 23.1 Å². The van der Waals surface area contributed by atoms with Gasteiger partial charge in [-0.3, -0.25) is 4.79 Å². The van der Waals surface area contributed by atoms with E-state index < -0.39 is 0 Å². The van der Waals surface area contributed by atoms with Gasteiger partial charge in [0.05, 0.1) is 5.02 Å². The Hall–Kier alpha value is -1.33. The number of carbonyl (C=O) groups is 1. The minimum Gasteiger partial charge on any atom is -0.373 e. The van der Waals surface area contributed by atoms with Crippen LogP contribution in [0.3, 0.4) is 0 Å². The fourth-order valence-corrected chi connectivity index (χ4v) is 2.94. The standard InChI is InChI=1S/C15H23ClN4O/c1-17-12-7-6-11(16)13(18-12)14(21)20(4)10-15(19(2)3)8-5-9-15/h6-7H,5,8-10H2,1-4H3,(H,17,18). The SMILES string of the molecule is CNc1ccc(Cl)c(C(=O)N(C)CC2(N(C)C)CCC2)n1. The van der Waals surface area contributed by atoms with Crippen LogP contribution in [-0.2, 0) is 0 Å². The molecule has 0 bridgehead atoms. The lowest BCUT2D eigenvalue weighted by atomic mass is 9.75. The molecular weight excluding hydrogens is 288 g/mol. The third kappa shape index (κ3) is 3.14. The molecule has 1 heterocycles. The molecule has 116 valence electrons. The molecule has 0 aliphatic heterocycles. The highest BCUT2D eigenvalue weighted by Gasteiger charge is 2.41. The molecule has 1 N–H and O–H groups in total. The summed E-state index contributed by atoms with van der Waals surface area (Å²) in [6.45, 7) is 0.695. The molecule has 6 heteroatoms. The van der Waals surface area contributed by atoms with E-state index in [-0.39, 0.29) is 11.4 Å². The lowest BCUT2D eigenvalue weighted by molar-refractivity contribution is 0.0250. The second-order valence-electron chi connectivity index (χ2n) is 5.91. The minimum absolute atomic E-state index is 0.0947. The van der Waals surface area contributed by atoms with Gasteiger partial charge in [0.25, 0.3) is 5.91 Å². The van der Waals surface area contributed by atoms with Gasteiger partial charge in [0.2, 0.25) is 0 Å². The average molecular weight is 311 g/mol. The van der Waals surface area contributed by atoms with E-state index in [9.17, 15) is 4.79 Å². The van der Waals surface area contributed by atoms with Crippen molar-refractivity contribution in [1.29, 1.82) is 0 Å². The average Bonchev–Trinajstić information content (AvgIpc) is 2.42. The van der Waals surface area contributed by atoms with Crippen molar-refractivity contribution in [2.24, 2.45) is 0 Å². The number of likely N-dealkylation sites (N-methyl/N-ethyl adjacent to an activating group) is 2. The monoisotopic (exact) mass is 310 g/mol. The zero-order valence-electron chi connectivity index (χ0n) is 13.1. The number of aromatic nitrogens is 1. The van der Waals surface area contributed by atoms with Crippen molar-refractivity contribution < 1.29 is 4.79 Å². The summed E-state index contributed by atoms with van der Waals surface area (Å²) < 4.78 is 0. The molecule has 2 rings (SSSR count). The summed E-state index contributed by atoms with van der Waals surface area (Å²) >= 11 is 6.13. The Bertz CT molecular complexity index is 528. The normalized spacial score (nSPS) is 16.5. The summed E-state index contributed by atoms with van der Waals surface area (Å²) in [5.41, 5.74) is 0.400. The van der Waals surface area contributed by atoms with Crippen LogP contribution in [0.5, 0.6) is 0 Å². The summed E-state index contributed by atoms with van der Waals surface area (Å²) in [7, 11) is 7.73. The van der Waals surface area contributed by atoms with Gasteiger partial charge in [-0.1, -0.05) is 11.6 Å². The molecule has 1 saturated carbocycles. The highest BCUT2D eigenvalue weighted by atomic mass is 35.5. The Morgan fingerprint density at radius 1 is 1.38 bits per heavy atom. The number of nitrogens with zero attached hydrogens (tertiary/aromatic N) is 3. The van der Waals surface area contributed by atoms with E-state index in [1.807, 2.05) is 7.05 Å². The molecule has 1 aromatic rings. The Morgan fingerprint density at radius 2 is 2.05 bits per heavy atom. The van der Waals surface area contributed by atoms with Crippen molar-refractivity contribution in [1.82, 2.24) is 14.8 Å². The molecule has 1 amide bonds. The largest absolute Gasteiger partial charge is 0.373 e. The third-order valence-electron chi connectivity index (χ3n) is 4.42. The molecular formula is C15H23ClN4O. The first kappa shape index (κ1) is 16.0. The second kappa shape index (κ2) is 6.20. The lowest BCUT2D eigenvalue weighted by Crippen LogP contribution is -2.57. The van der Waals surface area contributed by atoms with Gasteiger partial charge in [-0.25, -0.2) is 4.98 Å². The smallest absolute Gasteiger partial charge is 0.273 e. The topological polar surface area (TPSA) is 48.5 Å². The van der Waals surface area contributed by atoms with Gasteiger partial charge in [-0.2, -0.15) is 0 Å². The van der Waals surface area contributed by atoms with Crippen LogP contribution in [0, 0.1) is 0 Å². The maximum absolute atomic E-state index is 12.6. The summed E-state index contributed by atoms with van der Waals surface area (Å²) in [6.07, 6.45) is 3.46. The first-order valence-corrected chi connectivity index (χ1v) is 7.54. The van der Waals surface area contributed by atoms with Gasteiger partial charge in [-0.05, 0) is 45.5 Å². The molecule has 0 unspecified atom stereocenters. The number of hydrogen-bond donors (Lipinski definition) is 1. The van der Waals surface area contributed by atoms with Crippen LogP contribution in [0.4, 0.5) is 5.82 Å². The number of pyridine rings is 1. The van der Waals surface area contributed by atoms with Crippen LogP contribution in [0.25, 0.3) is 0 Å². The summed E-state index contributed by atoms with van der Waals surface area (Å²) in [5.74, 6) is 0.507. The Kier molecular flexibility index (Phi) is 4.74. The first-order valence-electron chi connectivity index (χ1n) is 7.17. The molecule has 0 atom stereocenters. The maximum Gasteiger partial charge on any atom is 0.273 e. The van der Waals surface area contributed by atoms with Gasteiger partial charge in [-0.15, -0.1) is 0 Å². The van der Waals surface area contributed by atoms with Gasteiger partial charge in [0.15, 0.2) is 0 Å². The van der Waals surface area contributed by atoms with Crippen LogP contribution < -0.4 is 5.32 Å². The number of halogens is 1. The van der Waals surface area contributed by atoms with Crippen molar-refractivity contribution in [2.75, 3.05) is 40.1 Å².